The highest BCUT2D eigenvalue weighted by Crippen LogP contribution is 2.21. The molecule has 3 heteroatoms. The van der Waals surface area contributed by atoms with Crippen molar-refractivity contribution in [2.75, 3.05) is 5.32 Å². The van der Waals surface area contributed by atoms with Crippen LogP contribution in [-0.4, -0.2) is 5.91 Å². The lowest BCUT2D eigenvalue weighted by Gasteiger charge is -2.11. The Hall–Kier alpha value is -3.33. The van der Waals surface area contributed by atoms with Crippen LogP contribution in [0.4, 0.5) is 5.69 Å². The molecule has 0 aromatic heterocycles. The van der Waals surface area contributed by atoms with Gasteiger partial charge in [-0.2, -0.15) is 0 Å². The Morgan fingerprint density at radius 3 is 2.57 bits per heavy atom. The SMILES string of the molecule is CCc1cccc(C)c1NC(=O)/C=C/c1cccc(OCc2ccccc2)c1. The fourth-order valence-corrected chi connectivity index (χ4v) is 2.99. The minimum atomic E-state index is -0.139. The van der Waals surface area contributed by atoms with E-state index in [2.05, 4.69) is 12.2 Å². The zero-order valence-electron chi connectivity index (χ0n) is 16.3. The van der Waals surface area contributed by atoms with Gasteiger partial charge in [0.2, 0.25) is 5.91 Å². The highest BCUT2D eigenvalue weighted by Gasteiger charge is 2.06. The molecular formula is C25H25NO2. The second-order valence-electron chi connectivity index (χ2n) is 6.63. The standard InChI is InChI=1S/C25H25NO2/c1-3-22-13-7-9-19(2)25(22)26-24(27)16-15-20-12-8-14-23(17-20)28-18-21-10-5-4-6-11-21/h4-17H,3,18H2,1-2H3,(H,26,27)/b16-15+. The second kappa shape index (κ2) is 9.56. The average molecular weight is 371 g/mol. The maximum Gasteiger partial charge on any atom is 0.248 e. The Morgan fingerprint density at radius 2 is 1.79 bits per heavy atom. The molecule has 3 nitrogen and oxygen atoms in total. The van der Waals surface area contributed by atoms with Crippen LogP contribution in [0.3, 0.4) is 0 Å². The first kappa shape index (κ1) is 19.4. The van der Waals surface area contributed by atoms with Gasteiger partial charge in [-0.15, -0.1) is 0 Å². The van der Waals surface area contributed by atoms with Crippen molar-refractivity contribution in [1.82, 2.24) is 0 Å². The minimum absolute atomic E-state index is 0.139. The zero-order valence-corrected chi connectivity index (χ0v) is 16.3. The predicted molar refractivity (Wildman–Crippen MR) is 115 cm³/mol. The molecular weight excluding hydrogens is 346 g/mol. The van der Waals surface area contributed by atoms with Gasteiger partial charge in [-0.05, 0) is 53.8 Å². The smallest absolute Gasteiger partial charge is 0.248 e. The number of amides is 1. The maximum atomic E-state index is 12.4. The molecule has 0 spiro atoms. The van der Waals surface area contributed by atoms with Crippen molar-refractivity contribution in [2.24, 2.45) is 0 Å². The molecule has 1 amide bonds. The third kappa shape index (κ3) is 5.34. The van der Waals surface area contributed by atoms with E-state index < -0.39 is 0 Å². The fraction of sp³-hybridized carbons (Fsp3) is 0.160. The Labute approximate surface area is 166 Å². The lowest BCUT2D eigenvalue weighted by Crippen LogP contribution is -2.11. The Morgan fingerprint density at radius 1 is 1.00 bits per heavy atom. The van der Waals surface area contributed by atoms with E-state index in [0.717, 1.165) is 40.1 Å². The van der Waals surface area contributed by atoms with Crippen LogP contribution in [0.5, 0.6) is 5.75 Å². The van der Waals surface area contributed by atoms with E-state index >= 15 is 0 Å². The molecule has 0 aliphatic heterocycles. The van der Waals surface area contributed by atoms with Gasteiger partial charge in [0.1, 0.15) is 12.4 Å². The van der Waals surface area contributed by atoms with Crippen LogP contribution < -0.4 is 10.1 Å². The van der Waals surface area contributed by atoms with Crippen LogP contribution in [0, 0.1) is 6.92 Å². The lowest BCUT2D eigenvalue weighted by atomic mass is 10.1. The number of aryl methyl sites for hydroxylation is 2. The van der Waals surface area contributed by atoms with Crippen LogP contribution in [0.1, 0.15) is 29.2 Å². The molecule has 142 valence electrons. The molecule has 0 saturated carbocycles. The van der Waals surface area contributed by atoms with Crippen LogP contribution in [-0.2, 0) is 17.8 Å². The van der Waals surface area contributed by atoms with E-state index in [1.54, 1.807) is 12.2 Å². The first-order chi connectivity index (χ1) is 13.7. The first-order valence-electron chi connectivity index (χ1n) is 9.50. The van der Waals surface area contributed by atoms with Crippen molar-refractivity contribution in [3.63, 3.8) is 0 Å². The number of anilines is 1. The van der Waals surface area contributed by atoms with E-state index in [9.17, 15) is 4.79 Å². The summed E-state index contributed by atoms with van der Waals surface area (Å²) in [5.74, 6) is 0.637. The average Bonchev–Trinajstić information content (AvgIpc) is 2.73. The molecule has 28 heavy (non-hydrogen) atoms. The fourth-order valence-electron chi connectivity index (χ4n) is 2.99. The number of para-hydroxylation sites is 1. The largest absolute Gasteiger partial charge is 0.489 e. The number of nitrogens with one attached hydrogen (secondary N) is 1. The number of ether oxygens (including phenoxy) is 1. The Kier molecular flexibility index (Phi) is 6.64. The van der Waals surface area contributed by atoms with E-state index in [0.29, 0.717) is 6.61 Å². The molecule has 0 aliphatic carbocycles. The van der Waals surface area contributed by atoms with E-state index in [1.165, 1.54) is 0 Å². The molecule has 0 unspecified atom stereocenters. The predicted octanol–water partition coefficient (Wildman–Crippen LogP) is 5.79. The van der Waals surface area contributed by atoms with Gasteiger partial charge in [0.05, 0.1) is 0 Å². The van der Waals surface area contributed by atoms with E-state index in [1.807, 2.05) is 79.7 Å². The van der Waals surface area contributed by atoms with Crippen LogP contribution in [0.2, 0.25) is 0 Å². The van der Waals surface area contributed by atoms with Gasteiger partial charge < -0.3 is 10.1 Å². The topological polar surface area (TPSA) is 38.3 Å². The molecule has 3 rings (SSSR count). The van der Waals surface area contributed by atoms with E-state index in [-0.39, 0.29) is 5.91 Å². The summed E-state index contributed by atoms with van der Waals surface area (Å²) in [5, 5.41) is 3.00. The molecule has 3 aromatic rings. The number of carbonyl (C=O) groups excluding carboxylic acids is 1. The summed E-state index contributed by atoms with van der Waals surface area (Å²) in [6, 6.07) is 23.8. The molecule has 3 aromatic carbocycles. The zero-order chi connectivity index (χ0) is 19.8. The molecule has 0 bridgehead atoms. The van der Waals surface area contributed by atoms with Crippen molar-refractivity contribution < 1.29 is 9.53 Å². The normalized spacial score (nSPS) is 10.8. The molecule has 0 atom stereocenters. The minimum Gasteiger partial charge on any atom is -0.489 e. The summed E-state index contributed by atoms with van der Waals surface area (Å²) in [4.78, 5) is 12.4. The van der Waals surface area contributed by atoms with Gasteiger partial charge in [-0.25, -0.2) is 0 Å². The third-order valence-electron chi connectivity index (χ3n) is 4.52. The van der Waals surface area contributed by atoms with Gasteiger partial charge >= 0.3 is 0 Å². The van der Waals surface area contributed by atoms with Gasteiger partial charge in [0, 0.05) is 11.8 Å². The molecule has 0 saturated heterocycles. The lowest BCUT2D eigenvalue weighted by molar-refractivity contribution is -0.111. The highest BCUT2D eigenvalue weighted by atomic mass is 16.5. The van der Waals surface area contributed by atoms with Crippen molar-refractivity contribution in [2.45, 2.75) is 26.9 Å². The summed E-state index contributed by atoms with van der Waals surface area (Å²) in [5.41, 5.74) is 5.14. The molecule has 0 radical (unpaired) electrons. The van der Waals surface area contributed by atoms with Gasteiger partial charge in [0.15, 0.2) is 0 Å². The third-order valence-corrected chi connectivity index (χ3v) is 4.52. The quantitative estimate of drug-likeness (QED) is 0.534. The summed E-state index contributed by atoms with van der Waals surface area (Å²) in [6.07, 6.45) is 4.23. The first-order valence-corrected chi connectivity index (χ1v) is 9.50. The van der Waals surface area contributed by atoms with E-state index in [4.69, 9.17) is 4.74 Å². The summed E-state index contributed by atoms with van der Waals surface area (Å²) in [6.45, 7) is 4.61. The summed E-state index contributed by atoms with van der Waals surface area (Å²) in [7, 11) is 0. The monoisotopic (exact) mass is 371 g/mol. The molecule has 0 heterocycles. The maximum absolute atomic E-state index is 12.4. The second-order valence-corrected chi connectivity index (χ2v) is 6.63. The Balaban J connectivity index is 1.63. The number of hydrogen-bond acceptors (Lipinski definition) is 2. The number of hydrogen-bond donors (Lipinski definition) is 1. The van der Waals surface area contributed by atoms with Crippen LogP contribution in [0.25, 0.3) is 6.08 Å². The van der Waals surface area contributed by atoms with Crippen LogP contribution in [0.15, 0.2) is 78.9 Å². The van der Waals surface area contributed by atoms with Crippen LogP contribution >= 0.6 is 0 Å². The molecule has 0 aliphatic rings. The van der Waals surface area contributed by atoms with Crippen molar-refractivity contribution in [3.05, 3.63) is 101 Å². The van der Waals surface area contributed by atoms with Gasteiger partial charge in [0.25, 0.3) is 0 Å². The van der Waals surface area contributed by atoms with Crippen molar-refractivity contribution in [1.29, 1.82) is 0 Å². The van der Waals surface area contributed by atoms with Crippen molar-refractivity contribution >= 4 is 17.7 Å². The summed E-state index contributed by atoms with van der Waals surface area (Å²) >= 11 is 0. The number of benzene rings is 3. The summed E-state index contributed by atoms with van der Waals surface area (Å²) < 4.78 is 5.85. The molecule has 1 N–H and O–H groups in total. The van der Waals surface area contributed by atoms with Gasteiger partial charge in [-0.3, -0.25) is 4.79 Å². The van der Waals surface area contributed by atoms with Gasteiger partial charge in [-0.1, -0.05) is 67.6 Å². The number of rotatable bonds is 7. The highest BCUT2D eigenvalue weighted by molar-refractivity contribution is 6.02. The Bertz CT molecular complexity index is 961. The number of carbonyl (C=O) groups is 1. The van der Waals surface area contributed by atoms with Crippen molar-refractivity contribution in [3.8, 4) is 5.75 Å². The molecule has 0 fully saturated rings.